The zero-order valence-electron chi connectivity index (χ0n) is 12.7. The number of amides is 1. The maximum Gasteiger partial charge on any atom is 0.275 e. The van der Waals surface area contributed by atoms with Crippen LogP contribution in [-0.4, -0.2) is 25.2 Å². The summed E-state index contributed by atoms with van der Waals surface area (Å²) in [5.41, 5.74) is 2.95. The molecule has 7 nitrogen and oxygen atoms in total. The van der Waals surface area contributed by atoms with E-state index < -0.39 is 0 Å². The van der Waals surface area contributed by atoms with Crippen LogP contribution >= 0.6 is 22.9 Å². The van der Waals surface area contributed by atoms with Crippen LogP contribution in [0.2, 0.25) is 0 Å². The lowest BCUT2D eigenvalue weighted by molar-refractivity contribution is 0.102. The molecule has 118 valence electrons. The van der Waals surface area contributed by atoms with Gasteiger partial charge in [-0.25, -0.2) is 15.0 Å². The summed E-state index contributed by atoms with van der Waals surface area (Å²) in [6.07, 6.45) is 0. The van der Waals surface area contributed by atoms with Crippen LogP contribution in [0, 0.1) is 20.8 Å². The van der Waals surface area contributed by atoms with Crippen LogP contribution in [0.15, 0.2) is 17.5 Å². The van der Waals surface area contributed by atoms with E-state index in [4.69, 9.17) is 0 Å². The predicted molar refractivity (Wildman–Crippen MR) is 91.7 cm³/mol. The van der Waals surface area contributed by atoms with Gasteiger partial charge < -0.3 is 10.6 Å². The van der Waals surface area contributed by atoms with E-state index in [1.54, 1.807) is 5.38 Å². The molecule has 0 aromatic carbocycles. The fourth-order valence-corrected chi connectivity index (χ4v) is 3.25. The van der Waals surface area contributed by atoms with Crippen molar-refractivity contribution in [1.29, 1.82) is 0 Å². The van der Waals surface area contributed by atoms with E-state index in [1.165, 1.54) is 22.9 Å². The molecule has 0 bridgehead atoms. The normalized spacial score (nSPS) is 10.6. The number of carbonyl (C=O) groups excluding carboxylic acids is 1. The SMILES string of the molecule is Cc1cc(NC(=O)c2csc(Nc3nc(C)cc(C)n3)n2)sn1. The van der Waals surface area contributed by atoms with Crippen LogP contribution in [0.4, 0.5) is 16.1 Å². The van der Waals surface area contributed by atoms with Gasteiger partial charge in [-0.2, -0.15) is 4.37 Å². The summed E-state index contributed by atoms with van der Waals surface area (Å²) in [7, 11) is 0. The molecule has 0 aliphatic rings. The first-order valence-electron chi connectivity index (χ1n) is 6.79. The molecule has 0 aliphatic heterocycles. The van der Waals surface area contributed by atoms with E-state index in [-0.39, 0.29) is 5.91 Å². The monoisotopic (exact) mass is 346 g/mol. The molecule has 1 amide bonds. The van der Waals surface area contributed by atoms with Gasteiger partial charge >= 0.3 is 0 Å². The molecule has 9 heteroatoms. The number of carbonyl (C=O) groups is 1. The van der Waals surface area contributed by atoms with Crippen molar-refractivity contribution in [3.05, 3.63) is 40.3 Å². The van der Waals surface area contributed by atoms with Gasteiger partial charge in [0, 0.05) is 16.8 Å². The molecule has 0 fully saturated rings. The lowest BCUT2D eigenvalue weighted by Crippen LogP contribution is -2.11. The van der Waals surface area contributed by atoms with Crippen LogP contribution in [-0.2, 0) is 0 Å². The summed E-state index contributed by atoms with van der Waals surface area (Å²) in [5.74, 6) is 0.209. The predicted octanol–water partition coefficient (Wildman–Crippen LogP) is 3.31. The highest BCUT2D eigenvalue weighted by atomic mass is 32.1. The third kappa shape index (κ3) is 3.88. The standard InChI is InChI=1S/C14H14N6OS2/c1-7-4-8(2)16-13(15-7)19-14-17-10(6-22-14)12(21)18-11-5-9(3)20-23-11/h4-6H,1-3H3,(H,18,21)(H,15,16,17,19). The fourth-order valence-electron chi connectivity index (χ4n) is 1.91. The molecule has 3 rings (SSSR count). The van der Waals surface area contributed by atoms with Crippen LogP contribution < -0.4 is 10.6 Å². The Balaban J connectivity index is 1.71. The molecule has 3 aromatic heterocycles. The van der Waals surface area contributed by atoms with Crippen molar-refractivity contribution in [2.24, 2.45) is 0 Å². The molecule has 3 heterocycles. The molecule has 0 unspecified atom stereocenters. The Morgan fingerprint density at radius 1 is 1.04 bits per heavy atom. The van der Waals surface area contributed by atoms with Gasteiger partial charge in [0.05, 0.1) is 5.69 Å². The first-order chi connectivity index (χ1) is 11.0. The van der Waals surface area contributed by atoms with Crippen molar-refractivity contribution in [2.45, 2.75) is 20.8 Å². The summed E-state index contributed by atoms with van der Waals surface area (Å²) in [6, 6.07) is 3.71. The Kier molecular flexibility index (Phi) is 4.30. The fraction of sp³-hybridized carbons (Fsp3) is 0.214. The highest BCUT2D eigenvalue weighted by Crippen LogP contribution is 2.21. The molecule has 2 N–H and O–H groups in total. The smallest absolute Gasteiger partial charge is 0.275 e. The lowest BCUT2D eigenvalue weighted by Gasteiger charge is -2.03. The van der Waals surface area contributed by atoms with E-state index in [9.17, 15) is 4.79 Å². The zero-order valence-corrected chi connectivity index (χ0v) is 14.4. The van der Waals surface area contributed by atoms with Crippen LogP contribution in [0.1, 0.15) is 27.6 Å². The number of anilines is 3. The quantitative estimate of drug-likeness (QED) is 0.753. The van der Waals surface area contributed by atoms with Gasteiger partial charge in [-0.05, 0) is 44.4 Å². The number of aromatic nitrogens is 4. The van der Waals surface area contributed by atoms with Crippen LogP contribution in [0.25, 0.3) is 0 Å². The molecular formula is C14H14N6OS2. The number of nitrogens with zero attached hydrogens (tertiary/aromatic N) is 4. The summed E-state index contributed by atoms with van der Waals surface area (Å²) in [5, 5.41) is 8.76. The first kappa shape index (κ1) is 15.5. The second-order valence-corrected chi connectivity index (χ2v) is 6.59. The van der Waals surface area contributed by atoms with E-state index in [0.29, 0.717) is 21.8 Å². The minimum atomic E-state index is -0.265. The number of thiazole rings is 1. The molecule has 23 heavy (non-hydrogen) atoms. The summed E-state index contributed by atoms with van der Waals surface area (Å²) >= 11 is 2.57. The molecule has 0 aliphatic carbocycles. The average molecular weight is 346 g/mol. The topological polar surface area (TPSA) is 92.7 Å². The lowest BCUT2D eigenvalue weighted by atomic mass is 10.4. The van der Waals surface area contributed by atoms with Crippen LogP contribution in [0.3, 0.4) is 0 Å². The number of nitrogens with one attached hydrogen (secondary N) is 2. The largest absolute Gasteiger partial charge is 0.311 e. The van der Waals surface area contributed by atoms with E-state index >= 15 is 0 Å². The third-order valence-corrected chi connectivity index (χ3v) is 4.36. The van der Waals surface area contributed by atoms with Crippen molar-refractivity contribution in [3.63, 3.8) is 0 Å². The van der Waals surface area contributed by atoms with Gasteiger partial charge in [0.1, 0.15) is 10.7 Å². The third-order valence-electron chi connectivity index (χ3n) is 2.80. The highest BCUT2D eigenvalue weighted by molar-refractivity contribution is 7.14. The Bertz CT molecular complexity index is 836. The number of rotatable bonds is 4. The minimum Gasteiger partial charge on any atom is -0.311 e. The van der Waals surface area contributed by atoms with Gasteiger partial charge in [0.2, 0.25) is 5.95 Å². The Hall–Kier alpha value is -2.39. The zero-order chi connectivity index (χ0) is 16.4. The maximum atomic E-state index is 12.2. The van der Waals surface area contributed by atoms with Crippen molar-refractivity contribution < 1.29 is 4.79 Å². The van der Waals surface area contributed by atoms with Gasteiger partial charge in [-0.3, -0.25) is 4.79 Å². The van der Waals surface area contributed by atoms with E-state index in [0.717, 1.165) is 17.1 Å². The molecule has 0 saturated heterocycles. The highest BCUT2D eigenvalue weighted by Gasteiger charge is 2.13. The van der Waals surface area contributed by atoms with Crippen molar-refractivity contribution >= 4 is 44.9 Å². The van der Waals surface area contributed by atoms with Gasteiger partial charge in [0.25, 0.3) is 5.91 Å². The summed E-state index contributed by atoms with van der Waals surface area (Å²) in [4.78, 5) is 25.0. The van der Waals surface area contributed by atoms with Crippen molar-refractivity contribution in [1.82, 2.24) is 19.3 Å². The van der Waals surface area contributed by atoms with Gasteiger partial charge in [-0.1, -0.05) is 0 Å². The number of aryl methyl sites for hydroxylation is 3. The number of hydrogen-bond donors (Lipinski definition) is 2. The second-order valence-electron chi connectivity index (χ2n) is 4.92. The molecule has 0 spiro atoms. The van der Waals surface area contributed by atoms with Crippen molar-refractivity contribution in [3.8, 4) is 0 Å². The van der Waals surface area contributed by atoms with E-state index in [2.05, 4.69) is 30.0 Å². The Labute approximate surface area is 141 Å². The maximum absolute atomic E-state index is 12.2. The second kappa shape index (κ2) is 6.39. The Morgan fingerprint density at radius 2 is 1.78 bits per heavy atom. The average Bonchev–Trinajstić information content (AvgIpc) is 3.07. The molecular weight excluding hydrogens is 332 g/mol. The Morgan fingerprint density at radius 3 is 2.43 bits per heavy atom. The summed E-state index contributed by atoms with van der Waals surface area (Å²) < 4.78 is 4.12. The van der Waals surface area contributed by atoms with Crippen molar-refractivity contribution in [2.75, 3.05) is 10.6 Å². The molecule has 0 saturated carbocycles. The molecule has 3 aromatic rings. The molecule has 0 atom stereocenters. The first-order valence-corrected chi connectivity index (χ1v) is 8.44. The molecule has 0 radical (unpaired) electrons. The van der Waals surface area contributed by atoms with Crippen LogP contribution in [0.5, 0.6) is 0 Å². The number of hydrogen-bond acceptors (Lipinski definition) is 8. The van der Waals surface area contributed by atoms with Gasteiger partial charge in [0.15, 0.2) is 5.13 Å². The summed E-state index contributed by atoms with van der Waals surface area (Å²) in [6.45, 7) is 5.68. The van der Waals surface area contributed by atoms with Gasteiger partial charge in [-0.15, -0.1) is 11.3 Å². The van der Waals surface area contributed by atoms with E-state index in [1.807, 2.05) is 32.9 Å². The minimum absolute atomic E-state index is 0.265.